The van der Waals surface area contributed by atoms with Gasteiger partial charge in [-0.3, -0.25) is 9.69 Å². The number of aliphatic carboxylic acids is 1. The molecule has 106 valence electrons. The molecule has 0 bridgehead atoms. The van der Waals surface area contributed by atoms with Gasteiger partial charge < -0.3 is 9.84 Å². The molecule has 0 radical (unpaired) electrons. The van der Waals surface area contributed by atoms with Crippen molar-refractivity contribution in [1.82, 2.24) is 4.90 Å². The van der Waals surface area contributed by atoms with Gasteiger partial charge in [-0.15, -0.1) is 0 Å². The zero-order valence-electron chi connectivity index (χ0n) is 11.9. The summed E-state index contributed by atoms with van der Waals surface area (Å²) >= 11 is 0. The van der Waals surface area contributed by atoms with Crippen molar-refractivity contribution in [3.05, 3.63) is 29.8 Å². The maximum atomic E-state index is 10.8. The molecule has 1 rings (SSSR count). The van der Waals surface area contributed by atoms with Gasteiger partial charge in [0.05, 0.1) is 13.7 Å². The van der Waals surface area contributed by atoms with E-state index in [2.05, 4.69) is 6.07 Å². The molecule has 0 spiro atoms. The van der Waals surface area contributed by atoms with Crippen molar-refractivity contribution in [2.75, 3.05) is 20.2 Å². The first-order valence-corrected chi connectivity index (χ1v) is 6.62. The number of nitrogens with zero attached hydrogens (tertiary/aromatic N) is 1. The lowest BCUT2D eigenvalue weighted by molar-refractivity contribution is -0.138. The zero-order valence-corrected chi connectivity index (χ0v) is 11.9. The average Bonchev–Trinajstić information content (AvgIpc) is 2.37. The van der Waals surface area contributed by atoms with E-state index in [0.717, 1.165) is 25.1 Å². The quantitative estimate of drug-likeness (QED) is 0.784. The molecule has 0 amide bonds. The van der Waals surface area contributed by atoms with Gasteiger partial charge in [-0.25, -0.2) is 0 Å². The Bertz CT molecular complexity index is 404. The van der Waals surface area contributed by atoms with Crippen LogP contribution in [0.2, 0.25) is 0 Å². The first-order chi connectivity index (χ1) is 9.04. The van der Waals surface area contributed by atoms with E-state index < -0.39 is 5.97 Å². The molecule has 0 saturated carbocycles. The summed E-state index contributed by atoms with van der Waals surface area (Å²) < 4.78 is 5.31. The molecule has 0 atom stereocenters. The van der Waals surface area contributed by atoms with Crippen LogP contribution in [0.4, 0.5) is 0 Å². The van der Waals surface area contributed by atoms with Gasteiger partial charge in [-0.05, 0) is 44.9 Å². The molecular weight excluding hydrogens is 242 g/mol. The van der Waals surface area contributed by atoms with Gasteiger partial charge in [-0.2, -0.15) is 0 Å². The minimum absolute atomic E-state index is 0.101. The highest BCUT2D eigenvalue weighted by Gasteiger charge is 2.13. The molecule has 0 unspecified atom stereocenters. The maximum Gasteiger partial charge on any atom is 0.317 e. The van der Waals surface area contributed by atoms with E-state index in [1.54, 1.807) is 7.11 Å². The molecule has 0 fully saturated rings. The summed E-state index contributed by atoms with van der Waals surface area (Å²) in [7, 11) is 1.67. The minimum atomic E-state index is -0.772. The van der Waals surface area contributed by atoms with Crippen molar-refractivity contribution in [2.45, 2.75) is 32.7 Å². The fourth-order valence-electron chi connectivity index (χ4n) is 2.08. The fraction of sp³-hybridized carbons (Fsp3) is 0.533. The molecule has 0 aromatic heterocycles. The highest BCUT2D eigenvalue weighted by molar-refractivity contribution is 5.69. The van der Waals surface area contributed by atoms with Crippen LogP contribution in [0.5, 0.6) is 5.75 Å². The number of rotatable bonds is 8. The van der Waals surface area contributed by atoms with Gasteiger partial charge in [0.1, 0.15) is 5.75 Å². The van der Waals surface area contributed by atoms with Gasteiger partial charge in [0, 0.05) is 6.04 Å². The molecule has 0 aliphatic rings. The van der Waals surface area contributed by atoms with Gasteiger partial charge >= 0.3 is 5.97 Å². The Morgan fingerprint density at radius 1 is 1.37 bits per heavy atom. The largest absolute Gasteiger partial charge is 0.496 e. The van der Waals surface area contributed by atoms with Crippen LogP contribution in [0.15, 0.2) is 24.3 Å². The molecule has 4 heteroatoms. The number of aryl methyl sites for hydroxylation is 1. The van der Waals surface area contributed by atoms with Crippen molar-refractivity contribution in [1.29, 1.82) is 0 Å². The van der Waals surface area contributed by atoms with Crippen LogP contribution < -0.4 is 4.74 Å². The Kier molecular flexibility index (Phi) is 6.36. The highest BCUT2D eigenvalue weighted by Crippen LogP contribution is 2.19. The summed E-state index contributed by atoms with van der Waals surface area (Å²) in [5.41, 5.74) is 1.17. The Morgan fingerprint density at radius 3 is 2.63 bits per heavy atom. The van der Waals surface area contributed by atoms with Crippen LogP contribution in [0.3, 0.4) is 0 Å². The van der Waals surface area contributed by atoms with Gasteiger partial charge in [0.2, 0.25) is 0 Å². The number of carboxylic acid groups (broad SMARTS) is 1. The van der Waals surface area contributed by atoms with Crippen LogP contribution in [0.1, 0.15) is 25.8 Å². The smallest absolute Gasteiger partial charge is 0.317 e. The molecule has 1 aromatic carbocycles. The molecule has 0 aliphatic heterocycles. The van der Waals surface area contributed by atoms with Crippen molar-refractivity contribution in [3.8, 4) is 5.75 Å². The van der Waals surface area contributed by atoms with Crippen LogP contribution in [-0.4, -0.2) is 42.2 Å². The van der Waals surface area contributed by atoms with Gasteiger partial charge in [0.25, 0.3) is 0 Å². The van der Waals surface area contributed by atoms with Crippen LogP contribution in [-0.2, 0) is 11.2 Å². The number of ether oxygens (including phenoxy) is 1. The maximum absolute atomic E-state index is 10.8. The fourth-order valence-corrected chi connectivity index (χ4v) is 2.08. The molecule has 4 nitrogen and oxygen atoms in total. The monoisotopic (exact) mass is 265 g/mol. The topological polar surface area (TPSA) is 49.8 Å². The number of para-hydroxylation sites is 1. The normalized spacial score (nSPS) is 11.0. The predicted molar refractivity (Wildman–Crippen MR) is 75.7 cm³/mol. The van der Waals surface area contributed by atoms with Crippen molar-refractivity contribution < 1.29 is 14.6 Å². The summed E-state index contributed by atoms with van der Waals surface area (Å²) in [6, 6.07) is 8.19. The van der Waals surface area contributed by atoms with Crippen molar-refractivity contribution >= 4 is 5.97 Å². The van der Waals surface area contributed by atoms with E-state index in [0.29, 0.717) is 0 Å². The number of hydrogen-bond acceptors (Lipinski definition) is 3. The van der Waals surface area contributed by atoms with E-state index in [1.165, 1.54) is 5.56 Å². The number of hydrogen-bond donors (Lipinski definition) is 1. The lowest BCUT2D eigenvalue weighted by Gasteiger charge is -2.24. The Labute approximate surface area is 115 Å². The summed E-state index contributed by atoms with van der Waals surface area (Å²) in [5, 5.41) is 8.87. The third-order valence-corrected chi connectivity index (χ3v) is 3.15. The SMILES string of the molecule is COc1ccccc1CCCN(CC(=O)O)C(C)C. The highest BCUT2D eigenvalue weighted by atomic mass is 16.5. The average molecular weight is 265 g/mol. The predicted octanol–water partition coefficient (Wildman–Crippen LogP) is 2.42. The molecule has 1 aromatic rings. The Balaban J connectivity index is 2.49. The number of methoxy groups -OCH3 is 1. The van der Waals surface area contributed by atoms with Crippen LogP contribution >= 0.6 is 0 Å². The number of carbonyl (C=O) groups is 1. The minimum Gasteiger partial charge on any atom is -0.496 e. The van der Waals surface area contributed by atoms with Crippen LogP contribution in [0.25, 0.3) is 0 Å². The number of carboxylic acids is 1. The second kappa shape index (κ2) is 7.79. The van der Waals surface area contributed by atoms with E-state index in [9.17, 15) is 4.79 Å². The summed E-state index contributed by atoms with van der Waals surface area (Å²) in [6.45, 7) is 4.92. The van der Waals surface area contributed by atoms with E-state index in [4.69, 9.17) is 9.84 Å². The van der Waals surface area contributed by atoms with Crippen molar-refractivity contribution in [2.24, 2.45) is 0 Å². The van der Waals surface area contributed by atoms with E-state index in [1.807, 2.05) is 36.9 Å². The summed E-state index contributed by atoms with van der Waals surface area (Å²) in [6.07, 6.45) is 1.82. The third-order valence-electron chi connectivity index (χ3n) is 3.15. The van der Waals surface area contributed by atoms with Gasteiger partial charge in [0.15, 0.2) is 0 Å². The Morgan fingerprint density at radius 2 is 2.05 bits per heavy atom. The molecule has 19 heavy (non-hydrogen) atoms. The van der Waals surface area contributed by atoms with Crippen LogP contribution in [0, 0.1) is 0 Å². The molecule has 0 saturated heterocycles. The zero-order chi connectivity index (χ0) is 14.3. The molecule has 0 heterocycles. The molecular formula is C15H23NO3. The third kappa shape index (κ3) is 5.30. The first-order valence-electron chi connectivity index (χ1n) is 6.62. The standard InChI is InChI=1S/C15H23NO3/c1-12(2)16(11-15(17)18)10-6-8-13-7-4-5-9-14(13)19-3/h4-5,7,9,12H,6,8,10-11H2,1-3H3,(H,17,18). The second-order valence-corrected chi connectivity index (χ2v) is 4.87. The second-order valence-electron chi connectivity index (χ2n) is 4.87. The summed E-state index contributed by atoms with van der Waals surface area (Å²) in [5.74, 6) is 0.128. The number of benzene rings is 1. The van der Waals surface area contributed by atoms with E-state index >= 15 is 0 Å². The van der Waals surface area contributed by atoms with E-state index in [-0.39, 0.29) is 12.6 Å². The molecule has 1 N–H and O–H groups in total. The van der Waals surface area contributed by atoms with Gasteiger partial charge in [-0.1, -0.05) is 18.2 Å². The lowest BCUT2D eigenvalue weighted by Crippen LogP contribution is -2.36. The Hall–Kier alpha value is -1.55. The van der Waals surface area contributed by atoms with Crippen molar-refractivity contribution in [3.63, 3.8) is 0 Å². The molecule has 0 aliphatic carbocycles. The lowest BCUT2D eigenvalue weighted by atomic mass is 10.1. The first kappa shape index (κ1) is 15.5. The summed E-state index contributed by atoms with van der Waals surface area (Å²) in [4.78, 5) is 12.8.